The number of hydrogen-bond acceptors (Lipinski definition) is 0. The molecule has 0 amide bonds. The summed E-state index contributed by atoms with van der Waals surface area (Å²) in [5.41, 5.74) is 0. The van der Waals surface area contributed by atoms with Gasteiger partial charge in [-0.2, -0.15) is 0 Å². The van der Waals surface area contributed by atoms with Gasteiger partial charge in [0.15, 0.2) is 0 Å². The Labute approximate surface area is 68.0 Å². The van der Waals surface area contributed by atoms with Gasteiger partial charge in [0.2, 0.25) is 0 Å². The second kappa shape index (κ2) is 4.68. The maximum absolute atomic E-state index is 13.0. The van der Waals surface area contributed by atoms with Crippen LogP contribution in [0.1, 0.15) is 46.5 Å². The Morgan fingerprint density at radius 1 is 1.18 bits per heavy atom. The second-order valence-corrected chi connectivity index (χ2v) is 3.20. The molecule has 0 heterocycles. The highest BCUT2D eigenvalue weighted by Gasteiger charge is 2.33. The Kier molecular flexibility index (Phi) is 4.62. The molecule has 0 rings (SSSR count). The van der Waals surface area contributed by atoms with E-state index in [9.17, 15) is 8.78 Å². The van der Waals surface area contributed by atoms with Gasteiger partial charge in [-0.25, -0.2) is 8.78 Å². The summed E-state index contributed by atoms with van der Waals surface area (Å²) in [6.45, 7) is 5.38. The molecule has 0 aromatic carbocycles. The van der Waals surface area contributed by atoms with Crippen LogP contribution in [0.2, 0.25) is 0 Å². The van der Waals surface area contributed by atoms with Crippen LogP contribution >= 0.6 is 0 Å². The molecule has 0 aliphatic carbocycles. The molecule has 1 atom stereocenters. The molecule has 1 unspecified atom stereocenters. The zero-order chi connectivity index (χ0) is 8.91. The lowest BCUT2D eigenvalue weighted by Gasteiger charge is -2.22. The Balaban J connectivity index is 3.83. The fourth-order valence-corrected chi connectivity index (χ4v) is 1.22. The first-order valence-electron chi connectivity index (χ1n) is 4.42. The minimum atomic E-state index is -2.44. The maximum atomic E-state index is 13.0. The topological polar surface area (TPSA) is 0 Å². The van der Waals surface area contributed by atoms with Gasteiger partial charge in [-0.05, 0) is 6.42 Å². The van der Waals surface area contributed by atoms with Crippen molar-refractivity contribution < 1.29 is 8.78 Å². The third-order valence-corrected chi connectivity index (χ3v) is 2.03. The lowest BCUT2D eigenvalue weighted by atomic mass is 9.95. The third kappa shape index (κ3) is 3.68. The molecule has 11 heavy (non-hydrogen) atoms. The molecular weight excluding hydrogens is 146 g/mol. The number of halogens is 2. The van der Waals surface area contributed by atoms with Crippen molar-refractivity contribution >= 4 is 0 Å². The van der Waals surface area contributed by atoms with E-state index in [4.69, 9.17) is 0 Å². The molecule has 0 N–H and O–H groups in total. The van der Waals surface area contributed by atoms with Crippen molar-refractivity contribution in [1.29, 1.82) is 0 Å². The van der Waals surface area contributed by atoms with Gasteiger partial charge in [-0.3, -0.25) is 0 Å². The molecule has 0 aromatic rings. The highest BCUT2D eigenvalue weighted by atomic mass is 19.3. The molecular formula is C9H18F2. The van der Waals surface area contributed by atoms with Gasteiger partial charge >= 0.3 is 0 Å². The van der Waals surface area contributed by atoms with Crippen LogP contribution in [0.15, 0.2) is 0 Å². The molecule has 2 heteroatoms. The quantitative estimate of drug-likeness (QED) is 0.578. The van der Waals surface area contributed by atoms with Crippen LogP contribution in [0.3, 0.4) is 0 Å². The molecule has 0 spiro atoms. The molecule has 0 aliphatic heterocycles. The molecule has 0 saturated heterocycles. The Morgan fingerprint density at radius 2 is 1.73 bits per heavy atom. The van der Waals surface area contributed by atoms with Crippen LogP contribution in [-0.4, -0.2) is 5.92 Å². The lowest BCUT2D eigenvalue weighted by Crippen LogP contribution is -2.25. The predicted molar refractivity (Wildman–Crippen MR) is 43.9 cm³/mol. The Bertz CT molecular complexity index is 99.7. The van der Waals surface area contributed by atoms with Crippen LogP contribution in [-0.2, 0) is 0 Å². The predicted octanol–water partition coefficient (Wildman–Crippen LogP) is 3.86. The van der Waals surface area contributed by atoms with Gasteiger partial charge in [-0.1, -0.05) is 33.6 Å². The highest BCUT2D eigenvalue weighted by molar-refractivity contribution is 4.72. The summed E-state index contributed by atoms with van der Waals surface area (Å²) in [5, 5.41) is 0. The molecule has 0 aliphatic rings. The first kappa shape index (κ1) is 10.9. The largest absolute Gasteiger partial charge is 0.250 e. The minimum Gasteiger partial charge on any atom is -0.207 e. The van der Waals surface area contributed by atoms with E-state index in [1.54, 1.807) is 13.8 Å². The van der Waals surface area contributed by atoms with E-state index in [0.29, 0.717) is 12.8 Å². The molecule has 0 saturated carbocycles. The van der Waals surface area contributed by atoms with E-state index in [-0.39, 0.29) is 6.42 Å². The zero-order valence-corrected chi connectivity index (χ0v) is 7.66. The van der Waals surface area contributed by atoms with E-state index in [2.05, 4.69) is 0 Å². The Hall–Kier alpha value is -0.140. The smallest absolute Gasteiger partial charge is 0.207 e. The first-order valence-corrected chi connectivity index (χ1v) is 4.42. The first-order chi connectivity index (χ1) is 5.04. The average molecular weight is 164 g/mol. The Morgan fingerprint density at radius 3 is 2.09 bits per heavy atom. The summed E-state index contributed by atoms with van der Waals surface area (Å²) in [6.07, 6.45) is 2.09. The van der Waals surface area contributed by atoms with Gasteiger partial charge in [0.05, 0.1) is 0 Å². The summed E-state index contributed by atoms with van der Waals surface area (Å²) in [6, 6.07) is 0. The maximum Gasteiger partial charge on any atom is 0.250 e. The third-order valence-electron chi connectivity index (χ3n) is 2.03. The summed E-state index contributed by atoms with van der Waals surface area (Å²) >= 11 is 0. The summed E-state index contributed by atoms with van der Waals surface area (Å²) in [7, 11) is 0. The molecule has 68 valence electrons. The fraction of sp³-hybridized carbons (Fsp3) is 1.00. The van der Waals surface area contributed by atoms with E-state index in [1.165, 1.54) is 0 Å². The van der Waals surface area contributed by atoms with E-state index < -0.39 is 11.8 Å². The molecule has 0 nitrogen and oxygen atoms in total. The highest BCUT2D eigenvalue weighted by Crippen LogP contribution is 2.32. The van der Waals surface area contributed by atoms with E-state index in [1.807, 2.05) is 6.92 Å². The van der Waals surface area contributed by atoms with Crippen LogP contribution in [0.4, 0.5) is 8.78 Å². The fourth-order valence-electron chi connectivity index (χ4n) is 1.22. The SMILES string of the molecule is CCCC(C)C(F)(F)CCC. The summed E-state index contributed by atoms with van der Waals surface area (Å²) in [5.74, 6) is -2.89. The zero-order valence-electron chi connectivity index (χ0n) is 7.66. The minimum absolute atomic E-state index is 0.0359. The van der Waals surface area contributed by atoms with Gasteiger partial charge in [-0.15, -0.1) is 0 Å². The van der Waals surface area contributed by atoms with Crippen LogP contribution < -0.4 is 0 Å². The number of rotatable bonds is 5. The second-order valence-electron chi connectivity index (χ2n) is 3.20. The number of alkyl halides is 2. The average Bonchev–Trinajstić information content (AvgIpc) is 1.88. The molecule has 0 fully saturated rings. The van der Waals surface area contributed by atoms with Crippen molar-refractivity contribution in [2.75, 3.05) is 0 Å². The summed E-state index contributed by atoms with van der Waals surface area (Å²) < 4.78 is 26.0. The van der Waals surface area contributed by atoms with Crippen molar-refractivity contribution in [2.24, 2.45) is 5.92 Å². The van der Waals surface area contributed by atoms with Crippen LogP contribution in [0.25, 0.3) is 0 Å². The van der Waals surface area contributed by atoms with Gasteiger partial charge < -0.3 is 0 Å². The molecule has 0 aromatic heterocycles. The number of hydrogen-bond donors (Lipinski definition) is 0. The van der Waals surface area contributed by atoms with Crippen molar-refractivity contribution in [3.63, 3.8) is 0 Å². The van der Waals surface area contributed by atoms with Crippen molar-refractivity contribution in [1.82, 2.24) is 0 Å². The monoisotopic (exact) mass is 164 g/mol. The molecule has 0 radical (unpaired) electrons. The van der Waals surface area contributed by atoms with E-state index >= 15 is 0 Å². The van der Waals surface area contributed by atoms with Crippen LogP contribution in [0, 0.1) is 5.92 Å². The van der Waals surface area contributed by atoms with Gasteiger partial charge in [0.25, 0.3) is 5.92 Å². The summed E-state index contributed by atoms with van der Waals surface area (Å²) in [4.78, 5) is 0. The standard InChI is InChI=1S/C9H18F2/c1-4-6-8(3)9(10,11)7-5-2/h8H,4-7H2,1-3H3. The lowest BCUT2D eigenvalue weighted by molar-refractivity contribution is -0.0620. The normalized spacial score (nSPS) is 15.0. The van der Waals surface area contributed by atoms with Gasteiger partial charge in [0, 0.05) is 12.3 Å². The molecule has 0 bridgehead atoms. The van der Waals surface area contributed by atoms with E-state index in [0.717, 1.165) is 6.42 Å². The van der Waals surface area contributed by atoms with Crippen molar-refractivity contribution in [3.05, 3.63) is 0 Å². The van der Waals surface area contributed by atoms with Crippen molar-refractivity contribution in [2.45, 2.75) is 52.4 Å². The van der Waals surface area contributed by atoms with Crippen LogP contribution in [0.5, 0.6) is 0 Å². The van der Waals surface area contributed by atoms with Crippen molar-refractivity contribution in [3.8, 4) is 0 Å². The van der Waals surface area contributed by atoms with Gasteiger partial charge in [0.1, 0.15) is 0 Å².